The summed E-state index contributed by atoms with van der Waals surface area (Å²) >= 11 is 0. The van der Waals surface area contributed by atoms with Gasteiger partial charge in [-0.1, -0.05) is 24.3 Å². The van der Waals surface area contributed by atoms with Crippen LogP contribution in [0.1, 0.15) is 0 Å². The van der Waals surface area contributed by atoms with Crippen molar-refractivity contribution >= 4 is 11.4 Å². The number of nitro groups is 2. The number of nitro benzene ring substituents is 2. The Balaban J connectivity index is 0.000000403. The zero-order valence-corrected chi connectivity index (χ0v) is 12.7. The topological polar surface area (TPSA) is 179 Å². The monoisotopic (exact) mass is 354 g/mol. The second kappa shape index (κ2) is 8.56. The van der Waals surface area contributed by atoms with E-state index in [9.17, 15) is 40.7 Å². The number of benzene rings is 2. The number of hydrogen-bond donors (Lipinski definition) is 0. The standard InChI is InChI=1S/2C6H5NO4.Ti/c2*8-5-3-1-2-4(6(5)9)7(10)11;/h2*1-3,8-9H;/q;;+4/p-4. The van der Waals surface area contributed by atoms with Gasteiger partial charge in [0.2, 0.25) is 0 Å². The van der Waals surface area contributed by atoms with Crippen LogP contribution in [0.15, 0.2) is 36.4 Å². The molecule has 23 heavy (non-hydrogen) atoms. The van der Waals surface area contributed by atoms with E-state index in [1.807, 2.05) is 0 Å². The van der Waals surface area contributed by atoms with Gasteiger partial charge in [0.25, 0.3) is 11.4 Å². The maximum atomic E-state index is 10.7. The van der Waals surface area contributed by atoms with E-state index in [2.05, 4.69) is 0 Å². The smallest absolute Gasteiger partial charge is 0.873 e. The van der Waals surface area contributed by atoms with Crippen LogP contribution >= 0.6 is 0 Å². The van der Waals surface area contributed by atoms with Gasteiger partial charge in [0, 0.05) is 12.1 Å². The number of para-hydroxylation sites is 2. The largest absolute Gasteiger partial charge is 4.00 e. The van der Waals surface area contributed by atoms with Crippen molar-refractivity contribution in [3.8, 4) is 23.0 Å². The summed E-state index contributed by atoms with van der Waals surface area (Å²) in [5, 5.41) is 62.4. The molecule has 0 fully saturated rings. The third kappa shape index (κ3) is 5.13. The normalized spacial score (nSPS) is 9.04. The molecular formula is C12H6N2O8Ti. The number of nitrogens with zero attached hydrogens (tertiary/aromatic N) is 2. The van der Waals surface area contributed by atoms with Crippen molar-refractivity contribution in [2.24, 2.45) is 0 Å². The summed E-state index contributed by atoms with van der Waals surface area (Å²) < 4.78 is 0. The van der Waals surface area contributed by atoms with Crippen LogP contribution in [0.4, 0.5) is 11.4 Å². The molecule has 0 aliphatic heterocycles. The van der Waals surface area contributed by atoms with Crippen LogP contribution in [0.25, 0.3) is 0 Å². The van der Waals surface area contributed by atoms with Crippen molar-refractivity contribution in [2.45, 2.75) is 0 Å². The SMILES string of the molecule is O=[N+]([O-])c1cccc([O-])c1[O-].O=[N+]([O-])c1cccc([O-])c1[O-].[Ti+4]. The van der Waals surface area contributed by atoms with Crippen LogP contribution in [0, 0.1) is 20.2 Å². The van der Waals surface area contributed by atoms with Gasteiger partial charge in [-0.3, -0.25) is 20.2 Å². The average Bonchev–Trinajstić information content (AvgIpc) is 2.45. The van der Waals surface area contributed by atoms with E-state index in [1.165, 1.54) is 12.1 Å². The first kappa shape index (κ1) is 20.2. The molecule has 0 radical (unpaired) electrons. The van der Waals surface area contributed by atoms with Gasteiger partial charge in [0.05, 0.1) is 9.85 Å². The molecule has 0 atom stereocenters. The Kier molecular flexibility index (Phi) is 7.50. The molecule has 2 rings (SSSR count). The van der Waals surface area contributed by atoms with E-state index >= 15 is 0 Å². The molecule has 10 nitrogen and oxygen atoms in total. The minimum atomic E-state index is -1.06. The molecule has 0 heterocycles. The molecule has 0 aliphatic rings. The summed E-state index contributed by atoms with van der Waals surface area (Å²) in [6, 6.07) is 6.36. The van der Waals surface area contributed by atoms with Gasteiger partial charge in [0.1, 0.15) is 0 Å². The predicted molar refractivity (Wildman–Crippen MR) is 64.0 cm³/mol. The third-order valence-electron chi connectivity index (χ3n) is 2.31. The van der Waals surface area contributed by atoms with Crippen LogP contribution in [-0.4, -0.2) is 9.85 Å². The number of rotatable bonds is 2. The van der Waals surface area contributed by atoms with Gasteiger partial charge in [-0.25, -0.2) is 0 Å². The second-order valence-electron chi connectivity index (χ2n) is 3.72. The molecule has 2 aromatic rings. The summed E-state index contributed by atoms with van der Waals surface area (Å²) in [5.41, 5.74) is -1.34. The summed E-state index contributed by atoms with van der Waals surface area (Å²) in [5.74, 6) is -3.81. The van der Waals surface area contributed by atoms with Crippen molar-refractivity contribution < 1.29 is 52.0 Å². The molecule has 0 spiro atoms. The van der Waals surface area contributed by atoms with E-state index in [0.29, 0.717) is 0 Å². The van der Waals surface area contributed by atoms with E-state index < -0.39 is 44.2 Å². The molecule has 0 N–H and O–H groups in total. The summed E-state index contributed by atoms with van der Waals surface area (Å²) in [6.45, 7) is 0. The Morgan fingerprint density at radius 3 is 1.17 bits per heavy atom. The third-order valence-corrected chi connectivity index (χ3v) is 2.31. The molecule has 0 unspecified atom stereocenters. The van der Waals surface area contributed by atoms with Crippen LogP contribution in [0.2, 0.25) is 0 Å². The van der Waals surface area contributed by atoms with Crippen molar-refractivity contribution in [3.05, 3.63) is 56.6 Å². The predicted octanol–water partition coefficient (Wildman–Crippen LogP) is -0.519. The van der Waals surface area contributed by atoms with Crippen molar-refractivity contribution in [2.75, 3.05) is 0 Å². The number of hydrogen-bond acceptors (Lipinski definition) is 8. The molecule has 116 valence electrons. The quantitative estimate of drug-likeness (QED) is 0.392. The van der Waals surface area contributed by atoms with Crippen LogP contribution < -0.4 is 20.4 Å². The van der Waals surface area contributed by atoms with Gasteiger partial charge >= 0.3 is 21.7 Å². The fraction of sp³-hybridized carbons (Fsp3) is 0. The first-order valence-electron chi connectivity index (χ1n) is 5.48. The Labute approximate surface area is 143 Å². The minimum absolute atomic E-state index is 0. The van der Waals surface area contributed by atoms with Gasteiger partial charge < -0.3 is 20.4 Å². The van der Waals surface area contributed by atoms with Crippen LogP contribution in [-0.2, 0) is 21.7 Å². The molecule has 0 aliphatic carbocycles. The summed E-state index contributed by atoms with van der Waals surface area (Å²) in [4.78, 5) is 18.3. The molecule has 0 amide bonds. The second-order valence-corrected chi connectivity index (χ2v) is 3.72. The summed E-state index contributed by atoms with van der Waals surface area (Å²) in [7, 11) is 0. The Hall–Kier alpha value is -2.85. The van der Waals surface area contributed by atoms with Crippen molar-refractivity contribution in [3.63, 3.8) is 0 Å². The molecule has 2 aromatic carbocycles. The van der Waals surface area contributed by atoms with E-state index in [-0.39, 0.29) is 21.7 Å². The minimum Gasteiger partial charge on any atom is -0.873 e. The maximum absolute atomic E-state index is 10.7. The molecule has 0 saturated heterocycles. The Morgan fingerprint density at radius 1 is 0.652 bits per heavy atom. The summed E-state index contributed by atoms with van der Waals surface area (Å²) in [6.07, 6.45) is 0. The zero-order chi connectivity index (χ0) is 16.9. The molecule has 0 bridgehead atoms. The van der Waals surface area contributed by atoms with E-state index in [0.717, 1.165) is 24.3 Å². The zero-order valence-electron chi connectivity index (χ0n) is 11.1. The van der Waals surface area contributed by atoms with Gasteiger partial charge in [-0.2, -0.15) is 0 Å². The molecular weight excluding hydrogens is 348 g/mol. The first-order valence-corrected chi connectivity index (χ1v) is 5.48. The van der Waals surface area contributed by atoms with Crippen molar-refractivity contribution in [1.29, 1.82) is 0 Å². The fourth-order valence-electron chi connectivity index (χ4n) is 1.30. The Bertz CT molecular complexity index is 661. The van der Waals surface area contributed by atoms with Gasteiger partial charge in [-0.15, -0.1) is 11.5 Å². The van der Waals surface area contributed by atoms with Crippen LogP contribution in [0.3, 0.4) is 0 Å². The first-order chi connectivity index (χ1) is 10.3. The molecule has 0 aromatic heterocycles. The molecule has 11 heteroatoms. The maximum Gasteiger partial charge on any atom is 4.00 e. The fourth-order valence-corrected chi connectivity index (χ4v) is 1.30. The molecule has 0 saturated carbocycles. The van der Waals surface area contributed by atoms with Crippen molar-refractivity contribution in [1.82, 2.24) is 0 Å². The van der Waals surface area contributed by atoms with E-state index in [1.54, 1.807) is 0 Å². The van der Waals surface area contributed by atoms with Gasteiger partial charge in [-0.05, 0) is 11.5 Å². The average molecular weight is 354 g/mol. The van der Waals surface area contributed by atoms with E-state index in [4.69, 9.17) is 0 Å². The van der Waals surface area contributed by atoms with Gasteiger partial charge in [0.15, 0.2) is 0 Å². The van der Waals surface area contributed by atoms with Crippen LogP contribution in [0.5, 0.6) is 23.0 Å². The Morgan fingerprint density at radius 2 is 0.957 bits per heavy atom.